The molecule has 0 unspecified atom stereocenters. The summed E-state index contributed by atoms with van der Waals surface area (Å²) in [5.74, 6) is 0.180. The topological polar surface area (TPSA) is 261 Å². The van der Waals surface area contributed by atoms with Gasteiger partial charge in [-0.2, -0.15) is 5.26 Å². The number of alkyl halides is 2. The quantitative estimate of drug-likeness (QED) is 0.0719. The van der Waals surface area contributed by atoms with Crippen LogP contribution in [0.25, 0.3) is 44.4 Å². The number of phenols is 3. The Hall–Kier alpha value is -7.12. The molecule has 0 bridgehead atoms. The van der Waals surface area contributed by atoms with Crippen LogP contribution >= 0.6 is 0 Å². The number of nitrogens with one attached hydrogen (secondary N) is 2. The number of carbonyl (C=O) groups excluding carboxylic acids is 1. The van der Waals surface area contributed by atoms with Gasteiger partial charge in [0.15, 0.2) is 6.29 Å². The fraction of sp³-hybridized carbons (Fsp3) is 0.111. The molecule has 3 aromatic heterocycles. The molecule has 0 atom stereocenters. The predicted molar refractivity (Wildman–Crippen MR) is 192 cm³/mol. The van der Waals surface area contributed by atoms with Crippen LogP contribution in [0.1, 0.15) is 23.1 Å². The number of aldehydes is 1. The number of para-hydroxylation sites is 4. The summed E-state index contributed by atoms with van der Waals surface area (Å²) in [6.45, 7) is 1.08. The van der Waals surface area contributed by atoms with Crippen molar-refractivity contribution < 1.29 is 43.2 Å². The average Bonchev–Trinajstić information content (AvgIpc) is 3.74. The minimum atomic E-state index is -0.833. The van der Waals surface area contributed by atoms with Crippen molar-refractivity contribution in [3.05, 3.63) is 113 Å². The maximum absolute atomic E-state index is 12.1. The minimum absolute atomic E-state index is 0. The van der Waals surface area contributed by atoms with Gasteiger partial charge in [-0.1, -0.05) is 24.3 Å². The summed E-state index contributed by atoms with van der Waals surface area (Å²) in [5, 5.41) is 43.7. The van der Waals surface area contributed by atoms with E-state index < -0.39 is 11.6 Å². The standard InChI is InChI=1S/C16H10N2O3.C9H7N3.C7H6O3.C2H4O2.2CH3F.H3N/c19-10-6-5-9-7-11(16(20)21-14(9)8-10)15-17-12-3-1-2-4-13(12)18-15;10-6-5-9-11-7-3-1-2-4-8(7)12-9;8-4-5-1-2-6(9)3-7(5)10;1-2(3)4;2*1-2;/h1-8,19H,(H,17,18);1-4H,5H2,(H,11,12);1-4,9-10H;1H3,(H,3,4);2*1H3;1H3. The fourth-order valence-electron chi connectivity index (χ4n) is 4.14. The van der Waals surface area contributed by atoms with E-state index in [2.05, 4.69) is 26.0 Å². The van der Waals surface area contributed by atoms with E-state index in [1.807, 2.05) is 48.5 Å². The Bertz CT molecular complexity index is 2230. The van der Waals surface area contributed by atoms with Gasteiger partial charge in [-0.05, 0) is 54.6 Å². The Morgan fingerprint density at radius 2 is 1.38 bits per heavy atom. The highest BCUT2D eigenvalue weighted by molar-refractivity contribution is 5.84. The zero-order valence-corrected chi connectivity index (χ0v) is 28.2. The van der Waals surface area contributed by atoms with Crippen molar-refractivity contribution in [2.45, 2.75) is 13.3 Å². The first-order chi connectivity index (χ1) is 24.6. The second-order valence-electron chi connectivity index (χ2n) is 9.69. The van der Waals surface area contributed by atoms with Gasteiger partial charge in [0.2, 0.25) is 0 Å². The van der Waals surface area contributed by atoms with Crippen LogP contribution in [0.3, 0.4) is 0 Å². The zero-order chi connectivity index (χ0) is 37.9. The number of nitrogens with zero attached hydrogens (tertiary/aromatic N) is 3. The Balaban J connectivity index is 0.000000374. The van der Waals surface area contributed by atoms with E-state index in [4.69, 9.17) is 29.8 Å². The molecule has 0 aliphatic heterocycles. The van der Waals surface area contributed by atoms with Crippen LogP contribution in [-0.2, 0) is 11.2 Å². The molecular weight excluding hydrogens is 682 g/mol. The first kappa shape index (κ1) is 42.9. The summed E-state index contributed by atoms with van der Waals surface area (Å²) < 4.78 is 24.2. The first-order valence-electron chi connectivity index (χ1n) is 14.5. The smallest absolute Gasteiger partial charge is 0.347 e. The Morgan fingerprint density at radius 3 is 1.92 bits per heavy atom. The van der Waals surface area contributed by atoms with Crippen LogP contribution < -0.4 is 11.8 Å². The third kappa shape index (κ3) is 12.4. The van der Waals surface area contributed by atoms with Gasteiger partial charge in [0.1, 0.15) is 40.0 Å². The van der Waals surface area contributed by atoms with Gasteiger partial charge >= 0.3 is 5.63 Å². The number of aliphatic carboxylic acids is 1. The molecular formula is C36H36F2N6O8. The van der Waals surface area contributed by atoms with E-state index in [-0.39, 0.29) is 29.0 Å². The molecule has 7 rings (SSSR count). The molecule has 4 aromatic carbocycles. The number of imidazole rings is 2. The molecule has 14 nitrogen and oxygen atoms in total. The summed E-state index contributed by atoms with van der Waals surface area (Å²) in [6.07, 6.45) is 0.865. The number of aromatic amines is 2. The number of carboxylic acid groups (broad SMARTS) is 1. The van der Waals surface area contributed by atoms with Crippen molar-refractivity contribution in [3.8, 4) is 34.7 Å². The lowest BCUT2D eigenvalue weighted by Gasteiger charge is -2.00. The number of carboxylic acids is 1. The molecule has 0 aliphatic rings. The molecule has 52 heavy (non-hydrogen) atoms. The normalized spacial score (nSPS) is 9.31. The van der Waals surface area contributed by atoms with Crippen LogP contribution in [0.4, 0.5) is 8.78 Å². The van der Waals surface area contributed by atoms with Gasteiger partial charge in [-0.3, -0.25) is 18.4 Å². The first-order valence-corrected chi connectivity index (χ1v) is 14.5. The third-order valence-corrected chi connectivity index (χ3v) is 6.19. The van der Waals surface area contributed by atoms with E-state index in [1.165, 1.54) is 18.2 Å². The van der Waals surface area contributed by atoms with Crippen LogP contribution in [0.5, 0.6) is 17.2 Å². The summed E-state index contributed by atoms with van der Waals surface area (Å²) in [5.41, 5.74) is 3.95. The largest absolute Gasteiger partial charge is 0.508 e. The molecule has 0 saturated heterocycles. The second-order valence-corrected chi connectivity index (χ2v) is 9.69. The molecule has 16 heteroatoms. The average molecular weight is 719 g/mol. The number of rotatable bonds is 3. The van der Waals surface area contributed by atoms with Crippen molar-refractivity contribution in [1.29, 1.82) is 5.26 Å². The molecule has 272 valence electrons. The van der Waals surface area contributed by atoms with Gasteiger partial charge in [0, 0.05) is 24.4 Å². The summed E-state index contributed by atoms with van der Waals surface area (Å²) in [6, 6.07) is 27.5. The minimum Gasteiger partial charge on any atom is -0.508 e. The summed E-state index contributed by atoms with van der Waals surface area (Å²) >= 11 is 0. The monoisotopic (exact) mass is 718 g/mol. The lowest BCUT2D eigenvalue weighted by Crippen LogP contribution is -2.03. The molecule has 0 fully saturated rings. The molecule has 3 heterocycles. The van der Waals surface area contributed by atoms with E-state index in [9.17, 15) is 23.5 Å². The second kappa shape index (κ2) is 21.8. The van der Waals surface area contributed by atoms with Gasteiger partial charge < -0.3 is 41.0 Å². The maximum atomic E-state index is 12.1. The Labute approximate surface area is 294 Å². The number of halogens is 2. The van der Waals surface area contributed by atoms with Crippen molar-refractivity contribution in [1.82, 2.24) is 26.1 Å². The molecule has 0 radical (unpaired) electrons. The number of carbonyl (C=O) groups is 2. The highest BCUT2D eigenvalue weighted by atomic mass is 19.1. The van der Waals surface area contributed by atoms with Crippen LogP contribution in [-0.4, -0.2) is 67.0 Å². The van der Waals surface area contributed by atoms with Crippen molar-refractivity contribution in [2.24, 2.45) is 0 Å². The van der Waals surface area contributed by atoms with E-state index in [1.54, 1.807) is 18.2 Å². The SMILES string of the molecule is CC(=O)O.CF.CF.N.N#CCc1nc2ccccc2[nH]1.O=Cc1ccc(O)cc1O.O=c1oc2cc(O)ccc2cc1-c1nc2ccccc2[nH]1. The van der Waals surface area contributed by atoms with Gasteiger partial charge in [0.25, 0.3) is 5.97 Å². The van der Waals surface area contributed by atoms with Crippen molar-refractivity contribution in [3.63, 3.8) is 0 Å². The highest BCUT2D eigenvalue weighted by Gasteiger charge is 2.12. The van der Waals surface area contributed by atoms with Crippen molar-refractivity contribution >= 4 is 45.3 Å². The van der Waals surface area contributed by atoms with E-state index >= 15 is 0 Å². The lowest BCUT2D eigenvalue weighted by molar-refractivity contribution is -0.134. The van der Waals surface area contributed by atoms with E-state index in [0.29, 0.717) is 44.0 Å². The summed E-state index contributed by atoms with van der Waals surface area (Å²) in [7, 11) is 1.00. The van der Waals surface area contributed by atoms with Crippen LogP contribution in [0, 0.1) is 11.3 Å². The molecule has 7 aromatic rings. The van der Waals surface area contributed by atoms with Crippen LogP contribution in [0.15, 0.2) is 100 Å². The zero-order valence-electron chi connectivity index (χ0n) is 28.2. The van der Waals surface area contributed by atoms with Crippen LogP contribution in [0.2, 0.25) is 0 Å². The van der Waals surface area contributed by atoms with Gasteiger partial charge in [0.05, 0.1) is 54.5 Å². The number of benzene rings is 4. The number of nitriles is 1. The Kier molecular flexibility index (Phi) is 18.0. The maximum Gasteiger partial charge on any atom is 0.347 e. The van der Waals surface area contributed by atoms with E-state index in [0.717, 1.165) is 46.3 Å². The third-order valence-electron chi connectivity index (χ3n) is 6.19. The number of H-pyrrole nitrogens is 2. The molecule has 9 N–H and O–H groups in total. The fourth-order valence-corrected chi connectivity index (χ4v) is 4.14. The number of aromatic hydroxyl groups is 3. The molecule has 0 spiro atoms. The Morgan fingerprint density at radius 1 is 0.846 bits per heavy atom. The summed E-state index contributed by atoms with van der Waals surface area (Å²) in [4.78, 5) is 46.0. The number of aromatic nitrogens is 4. The van der Waals surface area contributed by atoms with Crippen molar-refractivity contribution in [2.75, 3.05) is 14.4 Å². The number of hydrogen-bond donors (Lipinski definition) is 7. The van der Waals surface area contributed by atoms with Gasteiger partial charge in [-0.25, -0.2) is 14.8 Å². The molecule has 0 amide bonds. The highest BCUT2D eigenvalue weighted by Crippen LogP contribution is 2.24. The molecule has 0 aliphatic carbocycles. The molecule has 0 saturated carbocycles. The lowest BCUT2D eigenvalue weighted by atomic mass is 10.2. The number of phenolic OH excluding ortho intramolecular Hbond substituents is 3. The van der Waals surface area contributed by atoms with Gasteiger partial charge in [-0.15, -0.1) is 0 Å². The predicted octanol–water partition coefficient (Wildman–Crippen LogP) is 7.01. The number of fused-ring (bicyclic) bond motifs is 3. The number of hydrogen-bond acceptors (Lipinski definition) is 11.